The summed E-state index contributed by atoms with van der Waals surface area (Å²) in [7, 11) is 3.42. The third-order valence-electron chi connectivity index (χ3n) is 2.66. The van der Waals surface area contributed by atoms with Crippen molar-refractivity contribution in [2.75, 3.05) is 27.2 Å². The monoisotopic (exact) mass is 306 g/mol. The summed E-state index contributed by atoms with van der Waals surface area (Å²) in [6.07, 6.45) is 0. The van der Waals surface area contributed by atoms with E-state index in [1.54, 1.807) is 19.0 Å². The summed E-state index contributed by atoms with van der Waals surface area (Å²) in [4.78, 5) is 13.4. The van der Waals surface area contributed by atoms with Crippen LogP contribution in [0.1, 0.15) is 17.3 Å². The van der Waals surface area contributed by atoms with Gasteiger partial charge in [-0.3, -0.25) is 4.79 Å². The van der Waals surface area contributed by atoms with Gasteiger partial charge in [0.05, 0.1) is 11.2 Å². The van der Waals surface area contributed by atoms with Crippen LogP contribution in [0.4, 0.5) is 13.2 Å². The third kappa shape index (κ3) is 4.33. The first-order chi connectivity index (χ1) is 9.55. The van der Waals surface area contributed by atoms with Gasteiger partial charge in [-0.05, 0) is 27.1 Å². The van der Waals surface area contributed by atoms with E-state index in [0.29, 0.717) is 6.07 Å². The number of aliphatic hydroxyl groups is 1. The molecule has 1 atom stereocenters. The van der Waals surface area contributed by atoms with Gasteiger partial charge in [0.15, 0.2) is 17.4 Å². The molecule has 118 valence electrons. The molecule has 3 N–H and O–H groups in total. The topological polar surface area (TPSA) is 72.8 Å². The number of nitrogens with one attached hydrogen (secondary N) is 1. The molecule has 0 aliphatic carbocycles. The molecule has 1 rings (SSSR count). The zero-order valence-electron chi connectivity index (χ0n) is 11.9. The van der Waals surface area contributed by atoms with Gasteiger partial charge in [-0.1, -0.05) is 0 Å². The molecule has 0 fully saturated rings. The molecule has 0 aliphatic rings. The highest BCUT2D eigenvalue weighted by molar-refractivity contribution is 5.95. The van der Waals surface area contributed by atoms with Crippen LogP contribution >= 0.6 is 0 Å². The number of hydrogen-bond donors (Lipinski definition) is 3. The maximum Gasteiger partial charge on any atom is 0.254 e. The second kappa shape index (κ2) is 6.31. The Morgan fingerprint density at radius 2 is 1.90 bits per heavy atom. The van der Waals surface area contributed by atoms with Gasteiger partial charge in [-0.15, -0.1) is 0 Å². The molecule has 0 bridgehead atoms. The number of aromatic hydroxyl groups is 1. The minimum absolute atomic E-state index is 0.221. The van der Waals surface area contributed by atoms with Gasteiger partial charge in [0.2, 0.25) is 5.82 Å². The summed E-state index contributed by atoms with van der Waals surface area (Å²) in [6.45, 7) is 1.44. The van der Waals surface area contributed by atoms with Crippen molar-refractivity contribution in [3.05, 3.63) is 29.1 Å². The first kappa shape index (κ1) is 17.3. The minimum atomic E-state index is -1.76. The lowest BCUT2D eigenvalue weighted by molar-refractivity contribution is 0.0325. The third-order valence-corrected chi connectivity index (χ3v) is 2.66. The second-order valence-corrected chi connectivity index (χ2v) is 5.30. The smallest absolute Gasteiger partial charge is 0.254 e. The number of benzene rings is 1. The maximum atomic E-state index is 13.5. The van der Waals surface area contributed by atoms with Crippen LogP contribution in [0, 0.1) is 17.5 Å². The van der Waals surface area contributed by atoms with Crippen molar-refractivity contribution in [3.63, 3.8) is 0 Å². The summed E-state index contributed by atoms with van der Waals surface area (Å²) in [5.74, 6) is -7.48. The lowest BCUT2D eigenvalue weighted by atomic mass is 10.1. The van der Waals surface area contributed by atoms with Crippen molar-refractivity contribution in [1.29, 1.82) is 0 Å². The van der Waals surface area contributed by atoms with Gasteiger partial charge < -0.3 is 20.4 Å². The van der Waals surface area contributed by atoms with Crippen LogP contribution in [-0.2, 0) is 0 Å². The summed E-state index contributed by atoms with van der Waals surface area (Å²) >= 11 is 0. The Hall–Kier alpha value is -1.80. The molecule has 0 saturated heterocycles. The number of nitrogens with zero attached hydrogens (tertiary/aromatic N) is 1. The van der Waals surface area contributed by atoms with Crippen LogP contribution < -0.4 is 5.32 Å². The molecule has 1 unspecified atom stereocenters. The zero-order chi connectivity index (χ0) is 16.4. The number of phenolic OH excluding ortho intramolecular Hbond substituents is 1. The average molecular weight is 306 g/mol. The van der Waals surface area contributed by atoms with E-state index in [2.05, 4.69) is 5.32 Å². The first-order valence-electron chi connectivity index (χ1n) is 6.07. The lowest BCUT2D eigenvalue weighted by Crippen LogP contribution is -2.47. The molecule has 0 aromatic heterocycles. The van der Waals surface area contributed by atoms with Gasteiger partial charge in [-0.25, -0.2) is 8.78 Å². The minimum Gasteiger partial charge on any atom is -0.503 e. The van der Waals surface area contributed by atoms with E-state index in [1.165, 1.54) is 6.92 Å². The molecule has 1 aromatic carbocycles. The van der Waals surface area contributed by atoms with Crippen LogP contribution in [-0.4, -0.2) is 53.8 Å². The van der Waals surface area contributed by atoms with Crippen LogP contribution in [0.5, 0.6) is 5.75 Å². The lowest BCUT2D eigenvalue weighted by Gasteiger charge is -2.27. The van der Waals surface area contributed by atoms with E-state index in [9.17, 15) is 23.1 Å². The number of carbonyl (C=O) groups excluding carboxylic acids is 1. The van der Waals surface area contributed by atoms with Crippen molar-refractivity contribution in [2.24, 2.45) is 0 Å². The molecular formula is C13H17F3N2O3. The Bertz CT molecular complexity index is 548. The van der Waals surface area contributed by atoms with Crippen LogP contribution in [0.25, 0.3) is 0 Å². The number of hydrogen-bond acceptors (Lipinski definition) is 4. The van der Waals surface area contributed by atoms with Gasteiger partial charge >= 0.3 is 0 Å². The van der Waals surface area contributed by atoms with Crippen LogP contribution in [0.15, 0.2) is 6.07 Å². The normalized spacial score (nSPS) is 14.1. The number of likely N-dealkylation sites (N-methyl/N-ethyl adjacent to an activating group) is 1. The van der Waals surface area contributed by atoms with Crippen molar-refractivity contribution in [2.45, 2.75) is 12.5 Å². The van der Waals surface area contributed by atoms with Crippen molar-refractivity contribution in [3.8, 4) is 5.75 Å². The molecule has 5 nitrogen and oxygen atoms in total. The Balaban J connectivity index is 2.87. The fraction of sp³-hybridized carbons (Fsp3) is 0.462. The van der Waals surface area contributed by atoms with E-state index in [4.69, 9.17) is 5.11 Å². The number of phenols is 1. The van der Waals surface area contributed by atoms with Crippen LogP contribution in [0.3, 0.4) is 0 Å². The predicted octanol–water partition coefficient (Wildman–Crippen LogP) is 0.852. The Kier molecular flexibility index (Phi) is 5.19. The average Bonchev–Trinajstić information content (AvgIpc) is 2.36. The van der Waals surface area contributed by atoms with Gasteiger partial charge in [0.1, 0.15) is 0 Å². The quantitative estimate of drug-likeness (QED) is 0.705. The highest BCUT2D eigenvalue weighted by atomic mass is 19.2. The highest BCUT2D eigenvalue weighted by Crippen LogP contribution is 2.25. The number of carbonyl (C=O) groups is 1. The molecule has 1 amide bonds. The molecular weight excluding hydrogens is 289 g/mol. The Morgan fingerprint density at radius 1 is 1.33 bits per heavy atom. The molecule has 0 aliphatic heterocycles. The summed E-state index contributed by atoms with van der Waals surface area (Å²) < 4.78 is 39.5. The van der Waals surface area contributed by atoms with Crippen molar-refractivity contribution in [1.82, 2.24) is 10.2 Å². The second-order valence-electron chi connectivity index (χ2n) is 5.30. The molecule has 0 spiro atoms. The van der Waals surface area contributed by atoms with Crippen molar-refractivity contribution >= 4 is 5.91 Å². The van der Waals surface area contributed by atoms with Gasteiger partial charge in [0.25, 0.3) is 5.91 Å². The summed E-state index contributed by atoms with van der Waals surface area (Å²) in [6, 6.07) is 0.348. The Labute approximate surface area is 120 Å². The largest absolute Gasteiger partial charge is 0.503 e. The van der Waals surface area contributed by atoms with E-state index < -0.39 is 40.3 Å². The van der Waals surface area contributed by atoms with Gasteiger partial charge in [-0.2, -0.15) is 4.39 Å². The fourth-order valence-electron chi connectivity index (χ4n) is 1.86. The molecule has 0 saturated carbocycles. The summed E-state index contributed by atoms with van der Waals surface area (Å²) in [5, 5.41) is 21.2. The number of halogens is 3. The van der Waals surface area contributed by atoms with Gasteiger partial charge in [0, 0.05) is 13.1 Å². The standard InChI is InChI=1S/C13H17F3N2O3/c1-13(21,6-18(2)3)5-17-12(20)7-4-8(14)10(16)11(19)9(7)15/h4,19,21H,5-6H2,1-3H3,(H,17,20). The highest BCUT2D eigenvalue weighted by Gasteiger charge is 2.26. The van der Waals surface area contributed by atoms with E-state index in [1.807, 2.05) is 0 Å². The Morgan fingerprint density at radius 3 is 2.43 bits per heavy atom. The predicted molar refractivity (Wildman–Crippen MR) is 69.5 cm³/mol. The fourth-order valence-corrected chi connectivity index (χ4v) is 1.86. The molecule has 21 heavy (non-hydrogen) atoms. The molecule has 1 aromatic rings. The molecule has 8 heteroatoms. The van der Waals surface area contributed by atoms with E-state index in [0.717, 1.165) is 0 Å². The SMILES string of the molecule is CN(C)CC(C)(O)CNC(=O)c1cc(F)c(F)c(O)c1F. The molecule has 0 heterocycles. The summed E-state index contributed by atoms with van der Waals surface area (Å²) in [5.41, 5.74) is -2.14. The van der Waals surface area contributed by atoms with Crippen LogP contribution in [0.2, 0.25) is 0 Å². The number of amides is 1. The zero-order valence-corrected chi connectivity index (χ0v) is 11.9. The maximum absolute atomic E-state index is 13.5. The molecule has 0 radical (unpaired) electrons. The van der Waals surface area contributed by atoms with E-state index in [-0.39, 0.29) is 13.1 Å². The van der Waals surface area contributed by atoms with E-state index >= 15 is 0 Å². The number of rotatable bonds is 5. The van der Waals surface area contributed by atoms with Crippen molar-refractivity contribution < 1.29 is 28.2 Å². The first-order valence-corrected chi connectivity index (χ1v) is 6.07.